The van der Waals surface area contributed by atoms with Crippen LogP contribution < -0.4 is 10.0 Å². The average Bonchev–Trinajstić information content (AvgIpc) is 2.78. The molecule has 2 N–H and O–H groups in total. The normalized spacial score (nSPS) is 20.2. The monoisotopic (exact) mass is 288 g/mol. The Kier molecular flexibility index (Phi) is 4.27. The van der Waals surface area contributed by atoms with Crippen LogP contribution in [0.15, 0.2) is 23.1 Å². The molecule has 0 saturated carbocycles. The second kappa shape index (κ2) is 5.57. The van der Waals surface area contributed by atoms with E-state index < -0.39 is 10.0 Å². The molecule has 1 aromatic carbocycles. The number of rotatable bonds is 4. The highest BCUT2D eigenvalue weighted by atomic mass is 35.5. The molecule has 1 aliphatic rings. The number of sulfonamides is 1. The Bertz CT molecular complexity index is 525. The topological polar surface area (TPSA) is 58.2 Å². The second-order valence-corrected chi connectivity index (χ2v) is 6.79. The van der Waals surface area contributed by atoms with E-state index in [0.29, 0.717) is 27.9 Å². The molecule has 1 fully saturated rings. The predicted octanol–water partition coefficient (Wildman–Crippen LogP) is 1.54. The van der Waals surface area contributed by atoms with Crippen LogP contribution in [0, 0.1) is 12.8 Å². The van der Waals surface area contributed by atoms with Gasteiger partial charge >= 0.3 is 0 Å². The first-order chi connectivity index (χ1) is 8.49. The maximum absolute atomic E-state index is 12.1. The number of nitrogens with one attached hydrogen (secondary N) is 2. The van der Waals surface area contributed by atoms with Crippen molar-refractivity contribution >= 4 is 21.6 Å². The van der Waals surface area contributed by atoms with Crippen LogP contribution >= 0.6 is 11.6 Å². The van der Waals surface area contributed by atoms with E-state index in [9.17, 15) is 8.42 Å². The number of hydrogen-bond donors (Lipinski definition) is 2. The lowest BCUT2D eigenvalue weighted by molar-refractivity contribution is 0.538. The number of halogens is 1. The molecular formula is C12H17ClN2O2S. The van der Waals surface area contributed by atoms with Gasteiger partial charge in [0.15, 0.2) is 0 Å². The fraction of sp³-hybridized carbons (Fsp3) is 0.500. The predicted molar refractivity (Wildman–Crippen MR) is 72.4 cm³/mol. The van der Waals surface area contributed by atoms with E-state index in [1.807, 2.05) is 0 Å². The minimum Gasteiger partial charge on any atom is -0.316 e. The Morgan fingerprint density at radius 3 is 2.89 bits per heavy atom. The van der Waals surface area contributed by atoms with Gasteiger partial charge in [-0.1, -0.05) is 11.6 Å². The van der Waals surface area contributed by atoms with E-state index >= 15 is 0 Å². The summed E-state index contributed by atoms with van der Waals surface area (Å²) in [6, 6.07) is 4.81. The summed E-state index contributed by atoms with van der Waals surface area (Å²) in [7, 11) is -3.43. The van der Waals surface area contributed by atoms with Crippen molar-refractivity contribution in [3.63, 3.8) is 0 Å². The van der Waals surface area contributed by atoms with Gasteiger partial charge in [-0.15, -0.1) is 0 Å². The van der Waals surface area contributed by atoms with Crippen molar-refractivity contribution in [3.05, 3.63) is 28.8 Å². The summed E-state index contributed by atoms with van der Waals surface area (Å²) < 4.78 is 27.0. The van der Waals surface area contributed by atoms with E-state index in [4.69, 9.17) is 11.6 Å². The van der Waals surface area contributed by atoms with Gasteiger partial charge in [0.05, 0.1) is 4.90 Å². The molecule has 1 heterocycles. The van der Waals surface area contributed by atoms with Crippen molar-refractivity contribution in [3.8, 4) is 0 Å². The minimum atomic E-state index is -3.43. The number of hydrogen-bond acceptors (Lipinski definition) is 3. The number of aryl methyl sites for hydroxylation is 1. The van der Waals surface area contributed by atoms with Crippen LogP contribution in [0.2, 0.25) is 5.02 Å². The SMILES string of the molecule is Cc1cc(Cl)ccc1S(=O)(=O)NCC1CCNC1. The van der Waals surface area contributed by atoms with E-state index in [1.54, 1.807) is 25.1 Å². The van der Waals surface area contributed by atoms with E-state index in [2.05, 4.69) is 10.0 Å². The molecule has 18 heavy (non-hydrogen) atoms. The quantitative estimate of drug-likeness (QED) is 0.883. The largest absolute Gasteiger partial charge is 0.316 e. The molecule has 100 valence electrons. The zero-order valence-electron chi connectivity index (χ0n) is 10.2. The zero-order chi connectivity index (χ0) is 13.2. The van der Waals surface area contributed by atoms with Gasteiger partial charge in [0.1, 0.15) is 0 Å². The molecule has 2 rings (SSSR count). The van der Waals surface area contributed by atoms with Gasteiger partial charge in [-0.2, -0.15) is 0 Å². The summed E-state index contributed by atoms with van der Waals surface area (Å²) >= 11 is 5.82. The summed E-state index contributed by atoms with van der Waals surface area (Å²) in [4.78, 5) is 0.304. The van der Waals surface area contributed by atoms with Crippen molar-refractivity contribution in [2.75, 3.05) is 19.6 Å². The highest BCUT2D eigenvalue weighted by Crippen LogP contribution is 2.19. The molecule has 1 saturated heterocycles. The second-order valence-electron chi connectivity index (χ2n) is 4.62. The lowest BCUT2D eigenvalue weighted by Crippen LogP contribution is -2.30. The highest BCUT2D eigenvalue weighted by Gasteiger charge is 2.20. The maximum atomic E-state index is 12.1. The average molecular weight is 289 g/mol. The fourth-order valence-electron chi connectivity index (χ4n) is 2.11. The van der Waals surface area contributed by atoms with Gasteiger partial charge in [-0.3, -0.25) is 0 Å². The van der Waals surface area contributed by atoms with Crippen LogP contribution in [-0.4, -0.2) is 28.1 Å². The molecule has 0 spiro atoms. The van der Waals surface area contributed by atoms with Gasteiger partial charge in [-0.25, -0.2) is 13.1 Å². The molecule has 1 aromatic rings. The third-order valence-corrected chi connectivity index (χ3v) is 4.97. The van der Waals surface area contributed by atoms with E-state index in [1.165, 1.54) is 0 Å². The van der Waals surface area contributed by atoms with Gasteiger partial charge in [0.2, 0.25) is 10.0 Å². The van der Waals surface area contributed by atoms with Crippen LogP contribution in [0.25, 0.3) is 0 Å². The molecule has 1 atom stereocenters. The summed E-state index contributed by atoms with van der Waals surface area (Å²) in [6.45, 7) is 4.07. The molecule has 6 heteroatoms. The van der Waals surface area contributed by atoms with Crippen LogP contribution in [0.3, 0.4) is 0 Å². The molecule has 1 unspecified atom stereocenters. The molecule has 0 aromatic heterocycles. The Morgan fingerprint density at radius 1 is 1.50 bits per heavy atom. The third-order valence-electron chi connectivity index (χ3n) is 3.15. The van der Waals surface area contributed by atoms with Crippen molar-refractivity contribution in [2.24, 2.45) is 5.92 Å². The highest BCUT2D eigenvalue weighted by molar-refractivity contribution is 7.89. The molecule has 4 nitrogen and oxygen atoms in total. The Hall–Kier alpha value is -0.620. The van der Waals surface area contributed by atoms with Gasteiger partial charge in [0.25, 0.3) is 0 Å². The minimum absolute atomic E-state index is 0.304. The molecular weight excluding hydrogens is 272 g/mol. The third kappa shape index (κ3) is 3.23. The van der Waals surface area contributed by atoms with Gasteiger partial charge in [-0.05, 0) is 56.1 Å². The number of benzene rings is 1. The smallest absolute Gasteiger partial charge is 0.240 e. The zero-order valence-corrected chi connectivity index (χ0v) is 11.8. The lowest BCUT2D eigenvalue weighted by atomic mass is 10.1. The van der Waals surface area contributed by atoms with E-state index in [-0.39, 0.29) is 0 Å². The molecule has 0 bridgehead atoms. The van der Waals surface area contributed by atoms with Crippen molar-refractivity contribution < 1.29 is 8.42 Å². The first-order valence-corrected chi connectivity index (χ1v) is 7.82. The van der Waals surface area contributed by atoms with Crippen molar-refractivity contribution in [2.45, 2.75) is 18.2 Å². The van der Waals surface area contributed by atoms with Gasteiger partial charge < -0.3 is 5.32 Å². The Morgan fingerprint density at radius 2 is 2.28 bits per heavy atom. The molecule has 1 aliphatic heterocycles. The first-order valence-electron chi connectivity index (χ1n) is 5.95. The summed E-state index contributed by atoms with van der Waals surface area (Å²) in [5.41, 5.74) is 0.666. The molecule has 0 amide bonds. The van der Waals surface area contributed by atoms with Crippen LogP contribution in [0.1, 0.15) is 12.0 Å². The van der Waals surface area contributed by atoms with Crippen molar-refractivity contribution in [1.29, 1.82) is 0 Å². The lowest BCUT2D eigenvalue weighted by Gasteiger charge is -2.12. The summed E-state index contributed by atoms with van der Waals surface area (Å²) in [6.07, 6.45) is 1.02. The van der Waals surface area contributed by atoms with Crippen LogP contribution in [0.4, 0.5) is 0 Å². The first kappa shape index (κ1) is 13.8. The Labute approximate surface area is 113 Å². The standard InChI is InChI=1S/C12H17ClN2O2S/c1-9-6-11(13)2-3-12(9)18(16,17)15-8-10-4-5-14-7-10/h2-3,6,10,14-15H,4-5,7-8H2,1H3. The summed E-state index contributed by atoms with van der Waals surface area (Å²) in [5.74, 6) is 0.382. The van der Waals surface area contributed by atoms with Crippen LogP contribution in [0.5, 0.6) is 0 Å². The van der Waals surface area contributed by atoms with Crippen molar-refractivity contribution in [1.82, 2.24) is 10.0 Å². The van der Waals surface area contributed by atoms with Gasteiger partial charge in [0, 0.05) is 11.6 Å². The van der Waals surface area contributed by atoms with Crippen LogP contribution in [-0.2, 0) is 10.0 Å². The summed E-state index contributed by atoms with van der Waals surface area (Å²) in [5, 5.41) is 3.76. The Balaban J connectivity index is 2.09. The van der Waals surface area contributed by atoms with E-state index in [0.717, 1.165) is 19.5 Å². The maximum Gasteiger partial charge on any atom is 0.240 e. The fourth-order valence-corrected chi connectivity index (χ4v) is 3.68. The molecule has 0 radical (unpaired) electrons. The molecule has 0 aliphatic carbocycles.